The Morgan fingerprint density at radius 3 is 2.15 bits per heavy atom. The molecule has 0 bridgehead atoms. The van der Waals surface area contributed by atoms with Crippen LogP contribution in [0.4, 0.5) is 0 Å². The molecule has 1 N–H and O–H groups in total. The molecule has 0 aromatic carbocycles. The molecule has 0 unspecified atom stereocenters. The van der Waals surface area contributed by atoms with E-state index in [4.69, 9.17) is 0 Å². The summed E-state index contributed by atoms with van der Waals surface area (Å²) in [6, 6.07) is 0. The molecule has 0 saturated carbocycles. The molecule has 0 spiro atoms. The van der Waals surface area contributed by atoms with Crippen molar-refractivity contribution in [2.75, 3.05) is 19.8 Å². The van der Waals surface area contributed by atoms with Crippen LogP contribution in [-0.4, -0.2) is 30.2 Å². The molecule has 0 saturated heterocycles. The lowest BCUT2D eigenvalue weighted by atomic mass is 9.97. The van der Waals surface area contributed by atoms with Gasteiger partial charge < -0.3 is 5.32 Å². The van der Waals surface area contributed by atoms with Crippen LogP contribution in [0.15, 0.2) is 0 Å². The van der Waals surface area contributed by atoms with Crippen molar-refractivity contribution >= 4 is 0 Å². The quantitative estimate of drug-likeness (QED) is 0.614. The van der Waals surface area contributed by atoms with E-state index in [0.717, 1.165) is 19.8 Å². The predicted octanol–water partition coefficient (Wildman–Crippen LogP) is 2.45. The maximum absolute atomic E-state index is 3.39. The molecular formula is C11H26N2. The molecule has 0 heterocycles. The van der Waals surface area contributed by atoms with Crippen LogP contribution in [0, 0.1) is 0 Å². The van der Waals surface area contributed by atoms with Gasteiger partial charge in [0, 0.05) is 12.2 Å². The maximum Gasteiger partial charge on any atom is 0.0485 e. The zero-order chi connectivity index (χ0) is 10.3. The SMILES string of the molecule is CCCC(C)(C)N(CC)CNCC. The molecular weight excluding hydrogens is 160 g/mol. The summed E-state index contributed by atoms with van der Waals surface area (Å²) in [5.74, 6) is 0. The van der Waals surface area contributed by atoms with Gasteiger partial charge in [-0.25, -0.2) is 0 Å². The Kier molecular flexibility index (Phi) is 6.35. The highest BCUT2D eigenvalue weighted by Gasteiger charge is 2.23. The average Bonchev–Trinajstić information content (AvgIpc) is 2.05. The van der Waals surface area contributed by atoms with E-state index in [1.807, 2.05) is 0 Å². The van der Waals surface area contributed by atoms with Gasteiger partial charge >= 0.3 is 0 Å². The van der Waals surface area contributed by atoms with Crippen molar-refractivity contribution < 1.29 is 0 Å². The van der Waals surface area contributed by atoms with Crippen LogP contribution in [0.5, 0.6) is 0 Å². The number of hydrogen-bond acceptors (Lipinski definition) is 2. The second-order valence-corrected chi connectivity index (χ2v) is 4.18. The summed E-state index contributed by atoms with van der Waals surface area (Å²) in [7, 11) is 0. The average molecular weight is 186 g/mol. The smallest absolute Gasteiger partial charge is 0.0485 e. The molecule has 2 nitrogen and oxygen atoms in total. The predicted molar refractivity (Wildman–Crippen MR) is 59.9 cm³/mol. The summed E-state index contributed by atoms with van der Waals surface area (Å²) in [4.78, 5) is 2.50. The van der Waals surface area contributed by atoms with Crippen molar-refractivity contribution in [3.05, 3.63) is 0 Å². The molecule has 0 aromatic rings. The highest BCUT2D eigenvalue weighted by atomic mass is 15.3. The Morgan fingerprint density at radius 2 is 1.77 bits per heavy atom. The maximum atomic E-state index is 3.39. The highest BCUT2D eigenvalue weighted by Crippen LogP contribution is 2.19. The first-order chi connectivity index (χ1) is 6.08. The van der Waals surface area contributed by atoms with Crippen LogP contribution >= 0.6 is 0 Å². The Morgan fingerprint density at radius 1 is 1.15 bits per heavy atom. The molecule has 0 aliphatic heterocycles. The summed E-state index contributed by atoms with van der Waals surface area (Å²) < 4.78 is 0. The van der Waals surface area contributed by atoms with E-state index < -0.39 is 0 Å². The Hall–Kier alpha value is -0.0800. The minimum absolute atomic E-state index is 0.339. The third-order valence-electron chi connectivity index (χ3n) is 2.65. The second kappa shape index (κ2) is 6.39. The van der Waals surface area contributed by atoms with Crippen LogP contribution in [0.2, 0.25) is 0 Å². The topological polar surface area (TPSA) is 15.3 Å². The van der Waals surface area contributed by atoms with Crippen molar-refractivity contribution in [2.45, 2.75) is 53.0 Å². The fourth-order valence-corrected chi connectivity index (χ4v) is 1.77. The van der Waals surface area contributed by atoms with Crippen LogP contribution in [0.3, 0.4) is 0 Å². The first-order valence-electron chi connectivity index (χ1n) is 5.54. The molecule has 0 aromatic heterocycles. The minimum Gasteiger partial charge on any atom is -0.305 e. The standard InChI is InChI=1S/C11H26N2/c1-6-9-11(4,5)13(8-3)10-12-7-2/h12H,6-10H2,1-5H3. The van der Waals surface area contributed by atoms with Gasteiger partial charge in [0.25, 0.3) is 0 Å². The molecule has 0 radical (unpaired) electrons. The van der Waals surface area contributed by atoms with Crippen LogP contribution in [0.25, 0.3) is 0 Å². The minimum atomic E-state index is 0.339. The zero-order valence-electron chi connectivity index (χ0n) is 9.98. The summed E-state index contributed by atoms with van der Waals surface area (Å²) in [5, 5.41) is 3.39. The van der Waals surface area contributed by atoms with Crippen molar-refractivity contribution in [3.8, 4) is 0 Å². The van der Waals surface area contributed by atoms with Gasteiger partial charge in [0.05, 0.1) is 0 Å². The third-order valence-corrected chi connectivity index (χ3v) is 2.65. The molecule has 13 heavy (non-hydrogen) atoms. The monoisotopic (exact) mass is 186 g/mol. The molecule has 0 rings (SSSR count). The van der Waals surface area contributed by atoms with Crippen LogP contribution in [-0.2, 0) is 0 Å². The van der Waals surface area contributed by atoms with E-state index in [1.54, 1.807) is 0 Å². The lowest BCUT2D eigenvalue weighted by molar-refractivity contribution is 0.107. The van der Waals surface area contributed by atoms with Gasteiger partial charge in [0.1, 0.15) is 0 Å². The highest BCUT2D eigenvalue weighted by molar-refractivity contribution is 4.79. The van der Waals surface area contributed by atoms with Crippen molar-refractivity contribution in [3.63, 3.8) is 0 Å². The molecule has 2 heteroatoms. The summed E-state index contributed by atoms with van der Waals surface area (Å²) in [5.41, 5.74) is 0.339. The Labute approximate surface area is 83.7 Å². The van der Waals surface area contributed by atoms with Gasteiger partial charge in [-0.1, -0.05) is 27.2 Å². The largest absolute Gasteiger partial charge is 0.305 e. The van der Waals surface area contributed by atoms with Crippen LogP contribution in [0.1, 0.15) is 47.5 Å². The van der Waals surface area contributed by atoms with Crippen molar-refractivity contribution in [2.24, 2.45) is 0 Å². The molecule has 0 aliphatic rings. The number of rotatable bonds is 7. The zero-order valence-corrected chi connectivity index (χ0v) is 9.98. The summed E-state index contributed by atoms with van der Waals surface area (Å²) >= 11 is 0. The van der Waals surface area contributed by atoms with E-state index in [0.29, 0.717) is 5.54 Å². The molecule has 0 amide bonds. The Bertz CT molecular complexity index is 121. The van der Waals surface area contributed by atoms with Gasteiger partial charge in [-0.3, -0.25) is 4.90 Å². The normalized spacial score (nSPS) is 12.5. The van der Waals surface area contributed by atoms with Gasteiger partial charge in [-0.15, -0.1) is 0 Å². The second-order valence-electron chi connectivity index (χ2n) is 4.18. The third kappa shape index (κ3) is 4.63. The fourth-order valence-electron chi connectivity index (χ4n) is 1.77. The van der Waals surface area contributed by atoms with E-state index >= 15 is 0 Å². The number of hydrogen-bond donors (Lipinski definition) is 1. The van der Waals surface area contributed by atoms with Gasteiger partial charge in [0.15, 0.2) is 0 Å². The van der Waals surface area contributed by atoms with Crippen molar-refractivity contribution in [1.29, 1.82) is 0 Å². The van der Waals surface area contributed by atoms with E-state index in [9.17, 15) is 0 Å². The van der Waals surface area contributed by atoms with Crippen molar-refractivity contribution in [1.82, 2.24) is 10.2 Å². The van der Waals surface area contributed by atoms with Crippen LogP contribution < -0.4 is 5.32 Å². The van der Waals surface area contributed by atoms with Gasteiger partial charge in [-0.2, -0.15) is 0 Å². The first kappa shape index (κ1) is 12.9. The van der Waals surface area contributed by atoms with E-state index in [2.05, 4.69) is 44.8 Å². The summed E-state index contributed by atoms with van der Waals surface area (Å²) in [6.07, 6.45) is 2.53. The Balaban J connectivity index is 4.02. The molecule has 0 fully saturated rings. The summed E-state index contributed by atoms with van der Waals surface area (Å²) in [6.45, 7) is 14.5. The van der Waals surface area contributed by atoms with Gasteiger partial charge in [-0.05, 0) is 33.4 Å². The molecule has 0 aliphatic carbocycles. The fraction of sp³-hybridized carbons (Fsp3) is 1.00. The number of nitrogens with one attached hydrogen (secondary N) is 1. The molecule has 80 valence electrons. The lowest BCUT2D eigenvalue weighted by Crippen LogP contribution is -2.48. The van der Waals surface area contributed by atoms with E-state index in [1.165, 1.54) is 12.8 Å². The lowest BCUT2D eigenvalue weighted by Gasteiger charge is -2.38. The molecule has 0 atom stereocenters. The van der Waals surface area contributed by atoms with E-state index in [-0.39, 0.29) is 0 Å². The van der Waals surface area contributed by atoms with Gasteiger partial charge in [0.2, 0.25) is 0 Å². The first-order valence-corrected chi connectivity index (χ1v) is 5.54. The number of nitrogens with zero attached hydrogens (tertiary/aromatic N) is 1.